The van der Waals surface area contributed by atoms with E-state index < -0.39 is 35.1 Å². The summed E-state index contributed by atoms with van der Waals surface area (Å²) in [6.45, 7) is 7.09. The van der Waals surface area contributed by atoms with Gasteiger partial charge < -0.3 is 15.4 Å². The van der Waals surface area contributed by atoms with Gasteiger partial charge in [0.15, 0.2) is 0 Å². The smallest absolute Gasteiger partial charge is 0.407 e. The standard InChI is InChI=1S/C26H29N7O6/c1-14-29-21-15(24(37)33(14)18-8-9-20(34)32-23(18)36)6-5-7-16(21)31-22(35)17-10-12-27-19(30-17)11-13-28-25(38)39-26(2,3)4/h5-7,10,12,18H,8-9,11,13H2,1-4H3,(H,28,38)(H,31,35)(H,32,34,36). The van der Waals surface area contributed by atoms with Crippen LogP contribution in [0.5, 0.6) is 0 Å². The largest absolute Gasteiger partial charge is 0.444 e. The molecule has 2 aromatic heterocycles. The number of para-hydroxylation sites is 1. The third kappa shape index (κ3) is 6.43. The maximum absolute atomic E-state index is 13.3. The number of fused-ring (bicyclic) bond motifs is 1. The molecular weight excluding hydrogens is 506 g/mol. The normalized spacial score (nSPS) is 15.5. The number of rotatable bonds is 6. The number of nitrogens with zero attached hydrogens (tertiary/aromatic N) is 4. The van der Waals surface area contributed by atoms with Crippen LogP contribution in [0.3, 0.4) is 0 Å². The minimum absolute atomic E-state index is 0.0860. The SMILES string of the molecule is Cc1nc2c(NC(=O)c3ccnc(CCNC(=O)OC(C)(C)C)n3)cccc2c(=O)n1C1CCC(=O)NC1=O. The van der Waals surface area contributed by atoms with Crippen molar-refractivity contribution in [3.63, 3.8) is 0 Å². The van der Waals surface area contributed by atoms with Gasteiger partial charge in [-0.2, -0.15) is 0 Å². The molecule has 1 aliphatic heterocycles. The summed E-state index contributed by atoms with van der Waals surface area (Å²) in [5, 5.41) is 7.82. The molecule has 1 unspecified atom stereocenters. The van der Waals surface area contributed by atoms with Gasteiger partial charge in [0.05, 0.1) is 11.1 Å². The number of piperidine rings is 1. The lowest BCUT2D eigenvalue weighted by Crippen LogP contribution is -2.45. The van der Waals surface area contributed by atoms with Gasteiger partial charge in [-0.15, -0.1) is 0 Å². The molecule has 1 aliphatic rings. The lowest BCUT2D eigenvalue weighted by molar-refractivity contribution is -0.135. The first-order valence-electron chi connectivity index (χ1n) is 12.4. The molecule has 0 aliphatic carbocycles. The van der Waals surface area contributed by atoms with E-state index in [9.17, 15) is 24.0 Å². The van der Waals surface area contributed by atoms with Gasteiger partial charge in [-0.05, 0) is 52.3 Å². The molecule has 204 valence electrons. The Balaban J connectivity index is 1.51. The van der Waals surface area contributed by atoms with Crippen LogP contribution < -0.4 is 21.5 Å². The Morgan fingerprint density at radius 1 is 1.15 bits per heavy atom. The summed E-state index contributed by atoms with van der Waals surface area (Å²) >= 11 is 0. The summed E-state index contributed by atoms with van der Waals surface area (Å²) in [7, 11) is 0. The quantitative estimate of drug-likeness (QED) is 0.398. The van der Waals surface area contributed by atoms with Crippen LogP contribution >= 0.6 is 0 Å². The average Bonchev–Trinajstić information content (AvgIpc) is 2.85. The third-order valence-electron chi connectivity index (χ3n) is 5.83. The number of ether oxygens (including phenoxy) is 1. The molecule has 3 N–H and O–H groups in total. The second kappa shape index (κ2) is 11.0. The number of anilines is 1. The zero-order valence-corrected chi connectivity index (χ0v) is 22.0. The number of amides is 4. The summed E-state index contributed by atoms with van der Waals surface area (Å²) in [4.78, 5) is 75.0. The topological polar surface area (TPSA) is 174 Å². The van der Waals surface area contributed by atoms with Crippen LogP contribution in [0.1, 0.15) is 61.8 Å². The predicted octanol–water partition coefficient (Wildman–Crippen LogP) is 1.79. The van der Waals surface area contributed by atoms with E-state index in [2.05, 4.69) is 30.9 Å². The van der Waals surface area contributed by atoms with Crippen molar-refractivity contribution in [1.82, 2.24) is 30.2 Å². The Kier molecular flexibility index (Phi) is 7.70. The molecule has 0 radical (unpaired) electrons. The van der Waals surface area contributed by atoms with Gasteiger partial charge in [0.25, 0.3) is 11.5 Å². The van der Waals surface area contributed by atoms with Crippen molar-refractivity contribution in [2.24, 2.45) is 0 Å². The summed E-state index contributed by atoms with van der Waals surface area (Å²) in [6, 6.07) is 5.35. The van der Waals surface area contributed by atoms with E-state index in [-0.39, 0.29) is 54.1 Å². The number of hydrogen-bond acceptors (Lipinski definition) is 9. The third-order valence-corrected chi connectivity index (χ3v) is 5.83. The first-order valence-corrected chi connectivity index (χ1v) is 12.4. The van der Waals surface area contributed by atoms with Gasteiger partial charge in [0.1, 0.15) is 34.5 Å². The second-order valence-electron chi connectivity index (χ2n) is 9.99. The number of carbonyl (C=O) groups is 4. The molecule has 0 bridgehead atoms. The first kappa shape index (κ1) is 27.4. The number of aryl methyl sites for hydroxylation is 1. The van der Waals surface area contributed by atoms with Gasteiger partial charge in [-0.1, -0.05) is 6.07 Å². The predicted molar refractivity (Wildman–Crippen MR) is 140 cm³/mol. The van der Waals surface area contributed by atoms with Crippen molar-refractivity contribution in [3.8, 4) is 0 Å². The monoisotopic (exact) mass is 535 g/mol. The Hall–Kier alpha value is -4.68. The fourth-order valence-electron chi connectivity index (χ4n) is 4.15. The molecular formula is C26H29N7O6. The van der Waals surface area contributed by atoms with E-state index in [0.717, 1.165) is 0 Å². The molecule has 13 nitrogen and oxygen atoms in total. The van der Waals surface area contributed by atoms with E-state index in [0.29, 0.717) is 11.5 Å². The maximum atomic E-state index is 13.3. The fourth-order valence-corrected chi connectivity index (χ4v) is 4.15. The van der Waals surface area contributed by atoms with Crippen molar-refractivity contribution in [2.75, 3.05) is 11.9 Å². The van der Waals surface area contributed by atoms with Crippen LogP contribution in [0.4, 0.5) is 10.5 Å². The molecule has 3 heterocycles. The summed E-state index contributed by atoms with van der Waals surface area (Å²) in [5.41, 5.74) is -0.438. The van der Waals surface area contributed by atoms with Gasteiger partial charge in [-0.3, -0.25) is 29.1 Å². The molecule has 39 heavy (non-hydrogen) atoms. The summed E-state index contributed by atoms with van der Waals surface area (Å²) in [6.07, 6.45) is 1.46. The second-order valence-corrected chi connectivity index (χ2v) is 9.99. The van der Waals surface area contributed by atoms with Crippen molar-refractivity contribution >= 4 is 40.4 Å². The van der Waals surface area contributed by atoms with Crippen LogP contribution in [-0.2, 0) is 20.7 Å². The minimum Gasteiger partial charge on any atom is -0.444 e. The minimum atomic E-state index is -0.852. The molecule has 1 atom stereocenters. The Morgan fingerprint density at radius 2 is 1.92 bits per heavy atom. The zero-order valence-electron chi connectivity index (χ0n) is 22.0. The summed E-state index contributed by atoms with van der Waals surface area (Å²) < 4.78 is 6.46. The highest BCUT2D eigenvalue weighted by molar-refractivity contribution is 6.07. The molecule has 4 rings (SSSR count). The molecule has 13 heteroatoms. The molecule has 1 aromatic carbocycles. The van der Waals surface area contributed by atoms with Crippen molar-refractivity contribution in [1.29, 1.82) is 0 Å². The van der Waals surface area contributed by atoms with Crippen molar-refractivity contribution in [3.05, 3.63) is 58.2 Å². The van der Waals surface area contributed by atoms with Gasteiger partial charge in [0.2, 0.25) is 11.8 Å². The average molecular weight is 536 g/mol. The van der Waals surface area contributed by atoms with Crippen molar-refractivity contribution < 1.29 is 23.9 Å². The van der Waals surface area contributed by atoms with Crippen LogP contribution in [0.25, 0.3) is 10.9 Å². The maximum Gasteiger partial charge on any atom is 0.407 e. The Morgan fingerprint density at radius 3 is 2.64 bits per heavy atom. The van der Waals surface area contributed by atoms with Crippen LogP contribution in [-0.4, -0.2) is 55.5 Å². The number of hydrogen-bond donors (Lipinski definition) is 3. The Labute approximate surface area is 223 Å². The number of nitrogens with one attached hydrogen (secondary N) is 3. The fraction of sp³-hybridized carbons (Fsp3) is 0.385. The number of carbonyl (C=O) groups excluding carboxylic acids is 4. The lowest BCUT2D eigenvalue weighted by atomic mass is 10.1. The van der Waals surface area contributed by atoms with Gasteiger partial charge in [0, 0.05) is 25.6 Å². The Bertz CT molecular complexity index is 1530. The first-order chi connectivity index (χ1) is 18.4. The van der Waals surface area contributed by atoms with Crippen LogP contribution in [0.15, 0.2) is 35.3 Å². The van der Waals surface area contributed by atoms with Crippen molar-refractivity contribution in [2.45, 2.75) is 58.6 Å². The van der Waals surface area contributed by atoms with Gasteiger partial charge in [-0.25, -0.2) is 19.7 Å². The highest BCUT2D eigenvalue weighted by Gasteiger charge is 2.30. The number of alkyl carbamates (subject to hydrolysis) is 1. The number of benzene rings is 1. The molecule has 1 saturated heterocycles. The number of aromatic nitrogens is 4. The summed E-state index contributed by atoms with van der Waals surface area (Å²) in [5.74, 6) is -0.862. The highest BCUT2D eigenvalue weighted by atomic mass is 16.6. The lowest BCUT2D eigenvalue weighted by Gasteiger charge is -2.24. The van der Waals surface area contributed by atoms with Gasteiger partial charge >= 0.3 is 6.09 Å². The molecule has 4 amide bonds. The zero-order chi connectivity index (χ0) is 28.3. The van der Waals surface area contributed by atoms with Crippen LogP contribution in [0, 0.1) is 6.92 Å². The molecule has 1 fully saturated rings. The van der Waals surface area contributed by atoms with E-state index in [1.54, 1.807) is 45.9 Å². The molecule has 0 spiro atoms. The highest BCUT2D eigenvalue weighted by Crippen LogP contribution is 2.23. The van der Waals surface area contributed by atoms with E-state index in [4.69, 9.17) is 4.74 Å². The molecule has 0 saturated carbocycles. The van der Waals surface area contributed by atoms with E-state index in [1.807, 2.05) is 0 Å². The number of imide groups is 1. The van der Waals surface area contributed by atoms with E-state index in [1.165, 1.54) is 16.8 Å². The van der Waals surface area contributed by atoms with Crippen LogP contribution in [0.2, 0.25) is 0 Å². The van der Waals surface area contributed by atoms with E-state index >= 15 is 0 Å². The molecule has 3 aromatic rings.